The Labute approximate surface area is 219 Å². The summed E-state index contributed by atoms with van der Waals surface area (Å²) >= 11 is 0. The van der Waals surface area contributed by atoms with Crippen LogP contribution in [0.3, 0.4) is 0 Å². The van der Waals surface area contributed by atoms with Crippen molar-refractivity contribution in [3.05, 3.63) is 54.6 Å². The van der Waals surface area contributed by atoms with Crippen LogP contribution in [-0.2, 0) is 30.3 Å². The van der Waals surface area contributed by atoms with Crippen LogP contribution in [0.1, 0.15) is 18.2 Å². The van der Waals surface area contributed by atoms with Crippen LogP contribution >= 0.6 is 0 Å². The fraction of sp³-hybridized carbons (Fsp3) is 0.538. The van der Waals surface area contributed by atoms with Crippen LogP contribution in [0.25, 0.3) is 11.0 Å². The van der Waals surface area contributed by atoms with Crippen LogP contribution in [-0.4, -0.2) is 93.2 Å². The Morgan fingerprint density at radius 3 is 2.84 bits per heavy atom. The van der Waals surface area contributed by atoms with Gasteiger partial charge in [0.2, 0.25) is 6.29 Å². The third-order valence-electron chi connectivity index (χ3n) is 7.58. The van der Waals surface area contributed by atoms with Crippen molar-refractivity contribution in [3.63, 3.8) is 0 Å². The van der Waals surface area contributed by atoms with Crippen molar-refractivity contribution in [1.29, 1.82) is 0 Å². The highest BCUT2D eigenvalue weighted by Crippen LogP contribution is 2.41. The van der Waals surface area contributed by atoms with Crippen molar-refractivity contribution in [2.45, 2.75) is 56.0 Å². The van der Waals surface area contributed by atoms with Gasteiger partial charge in [-0.3, -0.25) is 0 Å². The molecule has 5 rings (SSSR count). The molecule has 0 saturated carbocycles. The number of fused-ring (bicyclic) bond motifs is 3. The van der Waals surface area contributed by atoms with Gasteiger partial charge >= 0.3 is 5.97 Å². The molecule has 0 aromatic carbocycles. The molecule has 3 aliphatic rings. The first-order chi connectivity index (χ1) is 18.4. The Balaban J connectivity index is 1.43. The van der Waals surface area contributed by atoms with E-state index >= 15 is 0 Å². The van der Waals surface area contributed by atoms with Gasteiger partial charge in [0.15, 0.2) is 6.29 Å². The largest absolute Gasteiger partial charge is 0.471 e. The molecule has 12 heteroatoms. The molecule has 0 amide bonds. The number of carbonyl (C=O) groups is 1. The minimum atomic E-state index is -1.60. The smallest absolute Gasteiger partial charge is 0.337 e. The van der Waals surface area contributed by atoms with Gasteiger partial charge in [-0.2, -0.15) is 0 Å². The second-order valence-electron chi connectivity index (χ2n) is 9.70. The number of hydrogen-bond donors (Lipinski definition) is 5. The van der Waals surface area contributed by atoms with Crippen molar-refractivity contribution in [1.82, 2.24) is 14.9 Å². The Bertz CT molecular complexity index is 1200. The minimum Gasteiger partial charge on any atom is -0.471 e. The summed E-state index contributed by atoms with van der Waals surface area (Å²) in [5.74, 6) is -1.59. The highest BCUT2D eigenvalue weighted by molar-refractivity contribution is 5.89. The Morgan fingerprint density at radius 2 is 2.11 bits per heavy atom. The summed E-state index contributed by atoms with van der Waals surface area (Å²) in [5, 5.41) is 44.8. The first-order valence-corrected chi connectivity index (χ1v) is 12.6. The highest BCUT2D eigenvalue weighted by Gasteiger charge is 2.48. The van der Waals surface area contributed by atoms with Crippen molar-refractivity contribution in [3.8, 4) is 0 Å². The molecule has 5 N–H and O–H groups in total. The van der Waals surface area contributed by atoms with E-state index in [1.807, 2.05) is 12.1 Å². The normalized spacial score (nSPS) is 35.2. The minimum absolute atomic E-state index is 0.135. The molecule has 38 heavy (non-hydrogen) atoms. The number of aliphatic hydroxyl groups excluding tert-OH is 4. The van der Waals surface area contributed by atoms with E-state index in [9.17, 15) is 25.2 Å². The SMILES string of the molecule is C=C[C@H]1[C@H](O[C@H]2O[C@H](CO)[C@@H](O)[C@H](O)[C@H]2O)OC=C(C(=O)OC)[C@H]1C[C@@H]1NCCn2c1cc1cccnc12. The third kappa shape index (κ3) is 4.73. The Morgan fingerprint density at radius 1 is 1.29 bits per heavy atom. The number of ether oxygens (including phenoxy) is 4. The van der Waals surface area contributed by atoms with Crippen LogP contribution in [0.2, 0.25) is 0 Å². The number of aromatic nitrogens is 2. The van der Waals surface area contributed by atoms with E-state index in [0.717, 1.165) is 23.3 Å². The Kier molecular flexibility index (Phi) is 7.82. The van der Waals surface area contributed by atoms with Gasteiger partial charge in [0.05, 0.1) is 25.6 Å². The number of nitrogens with zero attached hydrogens (tertiary/aromatic N) is 2. The van der Waals surface area contributed by atoms with Crippen molar-refractivity contribution < 1.29 is 44.2 Å². The third-order valence-corrected chi connectivity index (χ3v) is 7.58. The Hall–Kier alpha value is -2.84. The molecule has 1 saturated heterocycles. The maximum absolute atomic E-state index is 12.7. The van der Waals surface area contributed by atoms with Crippen LogP contribution in [0.4, 0.5) is 0 Å². The predicted octanol–water partition coefficient (Wildman–Crippen LogP) is -0.281. The predicted molar refractivity (Wildman–Crippen MR) is 132 cm³/mol. The molecular weight excluding hydrogens is 498 g/mol. The summed E-state index contributed by atoms with van der Waals surface area (Å²) in [4.78, 5) is 17.3. The fourth-order valence-corrected chi connectivity index (χ4v) is 5.57. The molecule has 9 atom stereocenters. The number of methoxy groups -OCH3 is 1. The number of nitrogens with one attached hydrogen (secondary N) is 1. The lowest BCUT2D eigenvalue weighted by molar-refractivity contribution is -0.339. The molecule has 0 radical (unpaired) electrons. The van der Waals surface area contributed by atoms with Gasteiger partial charge in [0.1, 0.15) is 30.1 Å². The molecular formula is C26H33N3O9. The maximum Gasteiger partial charge on any atom is 0.337 e. The highest BCUT2D eigenvalue weighted by atomic mass is 16.8. The van der Waals surface area contributed by atoms with Gasteiger partial charge in [-0.1, -0.05) is 6.08 Å². The van der Waals surface area contributed by atoms with Gasteiger partial charge in [-0.15, -0.1) is 6.58 Å². The van der Waals surface area contributed by atoms with Crippen LogP contribution in [0, 0.1) is 11.8 Å². The summed E-state index contributed by atoms with van der Waals surface area (Å²) in [6, 6.07) is 5.85. The number of esters is 1. The number of rotatable bonds is 7. The lowest BCUT2D eigenvalue weighted by Crippen LogP contribution is -2.60. The fourth-order valence-electron chi connectivity index (χ4n) is 5.57. The van der Waals surface area contributed by atoms with Gasteiger partial charge in [-0.25, -0.2) is 9.78 Å². The molecule has 206 valence electrons. The van der Waals surface area contributed by atoms with Crippen LogP contribution < -0.4 is 5.32 Å². The second-order valence-corrected chi connectivity index (χ2v) is 9.70. The van der Waals surface area contributed by atoms with E-state index in [-0.39, 0.29) is 6.04 Å². The number of aliphatic hydroxyl groups is 4. The zero-order chi connectivity index (χ0) is 27.0. The van der Waals surface area contributed by atoms with E-state index in [1.54, 1.807) is 12.3 Å². The van der Waals surface area contributed by atoms with Crippen molar-refractivity contribution >= 4 is 17.0 Å². The zero-order valence-electron chi connectivity index (χ0n) is 20.9. The van der Waals surface area contributed by atoms with Crippen LogP contribution in [0.15, 0.2) is 48.9 Å². The molecule has 12 nitrogen and oxygen atoms in total. The van der Waals surface area contributed by atoms with Gasteiger partial charge in [0.25, 0.3) is 0 Å². The molecule has 0 spiro atoms. The average molecular weight is 532 g/mol. The first kappa shape index (κ1) is 26.8. The molecule has 2 aromatic heterocycles. The van der Waals surface area contributed by atoms with E-state index in [4.69, 9.17) is 18.9 Å². The summed E-state index contributed by atoms with van der Waals surface area (Å²) in [7, 11) is 1.29. The van der Waals surface area contributed by atoms with Gasteiger partial charge in [-0.05, 0) is 24.6 Å². The molecule has 3 aliphatic heterocycles. The molecule has 5 heterocycles. The zero-order valence-corrected chi connectivity index (χ0v) is 20.9. The molecule has 2 aromatic rings. The van der Waals surface area contributed by atoms with Gasteiger partial charge < -0.3 is 49.3 Å². The molecule has 1 fully saturated rings. The summed E-state index contributed by atoms with van der Waals surface area (Å²) in [5.41, 5.74) is 2.24. The summed E-state index contributed by atoms with van der Waals surface area (Å²) in [6.45, 7) is 4.82. The monoisotopic (exact) mass is 531 g/mol. The second kappa shape index (κ2) is 11.1. The quantitative estimate of drug-likeness (QED) is 0.236. The number of hydrogen-bond acceptors (Lipinski definition) is 11. The lowest BCUT2D eigenvalue weighted by atomic mass is 9.79. The topological polar surface area (TPSA) is 165 Å². The lowest BCUT2D eigenvalue weighted by Gasteiger charge is -2.43. The summed E-state index contributed by atoms with van der Waals surface area (Å²) < 4.78 is 24.4. The standard InChI is InChI=1S/C26H33N3O9/c1-3-14-15(10-17-18-9-13-5-4-6-28-23(13)29(18)8-7-27-17)16(24(34)35-2)12-36-25(14)38-26-22(33)21(32)20(31)19(11-30)37-26/h3-6,9,12,14-15,17,19-22,25-27,30-33H,1,7-8,10-11H2,2H3/t14-,15+,17+,19-,20-,21+,22-,25+,26-/m1/s1. The van der Waals surface area contributed by atoms with Gasteiger partial charge in [0, 0.05) is 48.2 Å². The maximum atomic E-state index is 12.7. The van der Waals surface area contributed by atoms with Crippen molar-refractivity contribution in [2.24, 2.45) is 11.8 Å². The average Bonchev–Trinajstić information content (AvgIpc) is 3.33. The number of carbonyl (C=O) groups excluding carboxylic acids is 1. The molecule has 0 aliphatic carbocycles. The van der Waals surface area contributed by atoms with E-state index in [1.165, 1.54) is 13.4 Å². The van der Waals surface area contributed by atoms with E-state index < -0.39 is 61.4 Å². The first-order valence-electron chi connectivity index (χ1n) is 12.6. The molecule has 0 unspecified atom stereocenters. The number of pyridine rings is 1. The van der Waals surface area contributed by atoms with E-state index in [0.29, 0.717) is 18.5 Å². The molecule has 0 bridgehead atoms. The summed E-state index contributed by atoms with van der Waals surface area (Å²) in [6.07, 6.45) is -3.20. The van der Waals surface area contributed by atoms with Crippen LogP contribution in [0.5, 0.6) is 0 Å². The van der Waals surface area contributed by atoms with E-state index in [2.05, 4.69) is 27.5 Å². The van der Waals surface area contributed by atoms with Crippen molar-refractivity contribution in [2.75, 3.05) is 20.3 Å².